The van der Waals surface area contributed by atoms with E-state index in [0.717, 1.165) is 36.1 Å². The van der Waals surface area contributed by atoms with Crippen molar-refractivity contribution in [3.05, 3.63) is 22.5 Å². The summed E-state index contributed by atoms with van der Waals surface area (Å²) < 4.78 is 5.93. The van der Waals surface area contributed by atoms with E-state index in [2.05, 4.69) is 17.2 Å². The fourth-order valence-corrected chi connectivity index (χ4v) is 3.99. The van der Waals surface area contributed by atoms with Gasteiger partial charge in [-0.3, -0.25) is 9.59 Å². The number of carbonyl (C=O) groups excluding carboxylic acids is 2. The van der Waals surface area contributed by atoms with E-state index in [1.165, 1.54) is 19.3 Å². The highest BCUT2D eigenvalue weighted by atomic mass is 16.5. The van der Waals surface area contributed by atoms with Gasteiger partial charge in [-0.15, -0.1) is 0 Å². The van der Waals surface area contributed by atoms with E-state index < -0.39 is 0 Å². The lowest BCUT2D eigenvalue weighted by Gasteiger charge is -2.28. The van der Waals surface area contributed by atoms with Crippen molar-refractivity contribution in [1.29, 1.82) is 0 Å². The predicted molar refractivity (Wildman–Crippen MR) is 92.5 cm³/mol. The van der Waals surface area contributed by atoms with Crippen LogP contribution in [0.4, 0.5) is 0 Å². The Kier molecular flexibility index (Phi) is 5.39. The summed E-state index contributed by atoms with van der Waals surface area (Å²) in [6.45, 7) is 5.14. The third kappa shape index (κ3) is 3.56. The Labute approximate surface area is 143 Å². The number of ketones is 1. The summed E-state index contributed by atoms with van der Waals surface area (Å²) in [4.78, 5) is 27.6. The maximum atomic E-state index is 12.4. The second-order valence-electron chi connectivity index (χ2n) is 7.18. The molecule has 2 aliphatic carbocycles. The van der Waals surface area contributed by atoms with Crippen LogP contribution in [-0.2, 0) is 11.2 Å². The van der Waals surface area contributed by atoms with Crippen LogP contribution in [0.15, 0.2) is 0 Å². The fourth-order valence-electron chi connectivity index (χ4n) is 3.99. The molecule has 1 saturated carbocycles. The molecule has 1 amide bonds. The highest BCUT2D eigenvalue weighted by Crippen LogP contribution is 2.27. The van der Waals surface area contributed by atoms with Crippen molar-refractivity contribution in [1.82, 2.24) is 10.3 Å². The molecule has 0 unspecified atom stereocenters. The Bertz CT molecular complexity index is 620. The van der Waals surface area contributed by atoms with Gasteiger partial charge >= 0.3 is 0 Å². The van der Waals surface area contributed by atoms with Crippen LogP contribution in [0.1, 0.15) is 77.6 Å². The molecule has 132 valence electrons. The van der Waals surface area contributed by atoms with E-state index >= 15 is 0 Å². The molecule has 5 nitrogen and oxygen atoms in total. The maximum absolute atomic E-state index is 12.4. The van der Waals surface area contributed by atoms with E-state index in [0.29, 0.717) is 37.3 Å². The summed E-state index contributed by atoms with van der Waals surface area (Å²) in [5.74, 6) is 0.617. The van der Waals surface area contributed by atoms with E-state index in [1.807, 2.05) is 6.92 Å². The molecule has 2 N–H and O–H groups in total. The normalized spacial score (nSPS) is 23.8. The van der Waals surface area contributed by atoms with Gasteiger partial charge in [0.05, 0.1) is 12.7 Å². The van der Waals surface area contributed by atoms with Crippen LogP contribution < -0.4 is 5.32 Å². The fraction of sp³-hybridized carbons (Fsp3) is 0.684. The average molecular weight is 332 g/mol. The van der Waals surface area contributed by atoms with Gasteiger partial charge in [0.2, 0.25) is 0 Å². The Balaban J connectivity index is 1.51. The molecule has 1 aromatic rings. The zero-order chi connectivity index (χ0) is 17.1. The lowest BCUT2D eigenvalue weighted by Crippen LogP contribution is -2.32. The van der Waals surface area contributed by atoms with Gasteiger partial charge in [-0.25, -0.2) is 0 Å². The number of rotatable bonds is 5. The van der Waals surface area contributed by atoms with E-state index in [1.54, 1.807) is 0 Å². The molecule has 24 heavy (non-hydrogen) atoms. The molecule has 1 fully saturated rings. The van der Waals surface area contributed by atoms with E-state index in [9.17, 15) is 9.59 Å². The highest BCUT2D eigenvalue weighted by Gasteiger charge is 2.26. The number of aromatic amines is 1. The second kappa shape index (κ2) is 7.51. The SMILES string of the molecule is Cc1c(C(=O)NCCO[C@H]2CCCC[C@H]2C)[nH]c2c1C(=O)CCC2. The summed E-state index contributed by atoms with van der Waals surface area (Å²) in [6.07, 6.45) is 7.51. The molecule has 2 aliphatic rings. The van der Waals surface area contributed by atoms with Gasteiger partial charge in [-0.05, 0) is 44.1 Å². The van der Waals surface area contributed by atoms with E-state index in [4.69, 9.17) is 4.74 Å². The number of aromatic nitrogens is 1. The summed E-state index contributed by atoms with van der Waals surface area (Å²) in [6, 6.07) is 0. The highest BCUT2D eigenvalue weighted by molar-refractivity contribution is 6.04. The molecule has 2 atom stereocenters. The minimum absolute atomic E-state index is 0.144. The number of hydrogen-bond acceptors (Lipinski definition) is 3. The Hall–Kier alpha value is -1.62. The molecule has 0 radical (unpaired) electrons. The van der Waals surface area contributed by atoms with Crippen molar-refractivity contribution in [2.24, 2.45) is 5.92 Å². The molecule has 0 aromatic carbocycles. The summed E-state index contributed by atoms with van der Waals surface area (Å²) in [7, 11) is 0. The minimum Gasteiger partial charge on any atom is -0.376 e. The Morgan fingerprint density at radius 1 is 1.25 bits per heavy atom. The molecule has 1 aromatic heterocycles. The van der Waals surface area contributed by atoms with Gasteiger partial charge in [-0.1, -0.05) is 19.8 Å². The van der Waals surface area contributed by atoms with Gasteiger partial charge in [-0.2, -0.15) is 0 Å². The molecule has 5 heteroatoms. The summed E-state index contributed by atoms with van der Waals surface area (Å²) in [5.41, 5.74) is 2.97. The number of H-pyrrole nitrogens is 1. The molecule has 3 rings (SSSR count). The van der Waals surface area contributed by atoms with Gasteiger partial charge in [0.1, 0.15) is 5.69 Å². The number of fused-ring (bicyclic) bond motifs is 1. The number of ether oxygens (including phenoxy) is 1. The van der Waals surface area contributed by atoms with Gasteiger partial charge in [0, 0.05) is 24.2 Å². The van der Waals surface area contributed by atoms with Crippen LogP contribution >= 0.6 is 0 Å². The number of carbonyl (C=O) groups is 2. The van der Waals surface area contributed by atoms with Crippen molar-refractivity contribution in [2.45, 2.75) is 64.9 Å². The van der Waals surface area contributed by atoms with Gasteiger partial charge in [0.15, 0.2) is 5.78 Å². The van der Waals surface area contributed by atoms with Crippen LogP contribution in [0.25, 0.3) is 0 Å². The standard InChI is InChI=1S/C19H28N2O3/c1-12-6-3-4-9-16(12)24-11-10-20-19(23)18-13(2)17-14(21-18)7-5-8-15(17)22/h12,16,21H,3-11H2,1-2H3,(H,20,23)/t12-,16+/m1/s1. The third-order valence-electron chi connectivity index (χ3n) is 5.42. The zero-order valence-electron chi connectivity index (χ0n) is 14.7. The number of nitrogens with one attached hydrogen (secondary N) is 2. The molecular formula is C19H28N2O3. The molecule has 0 spiro atoms. The topological polar surface area (TPSA) is 71.2 Å². The predicted octanol–water partition coefficient (Wildman–Crippen LogP) is 3.17. The maximum Gasteiger partial charge on any atom is 0.268 e. The molecule has 1 heterocycles. The van der Waals surface area contributed by atoms with Crippen LogP contribution in [0, 0.1) is 12.8 Å². The van der Waals surface area contributed by atoms with E-state index in [-0.39, 0.29) is 11.7 Å². The van der Waals surface area contributed by atoms with Crippen LogP contribution in [0.3, 0.4) is 0 Å². The summed E-state index contributed by atoms with van der Waals surface area (Å²) in [5, 5.41) is 2.91. The Morgan fingerprint density at radius 3 is 2.79 bits per heavy atom. The van der Waals surface area contributed by atoms with Crippen molar-refractivity contribution in [3.8, 4) is 0 Å². The number of amides is 1. The lowest BCUT2D eigenvalue weighted by molar-refractivity contribution is -0.00295. The first kappa shape index (κ1) is 17.2. The molecule has 0 bridgehead atoms. The average Bonchev–Trinajstić information content (AvgIpc) is 2.91. The quantitative estimate of drug-likeness (QED) is 0.814. The van der Waals surface area contributed by atoms with Crippen LogP contribution in [0.5, 0.6) is 0 Å². The largest absolute Gasteiger partial charge is 0.376 e. The monoisotopic (exact) mass is 332 g/mol. The number of hydrogen-bond donors (Lipinski definition) is 2. The van der Waals surface area contributed by atoms with Gasteiger partial charge < -0.3 is 15.0 Å². The van der Waals surface area contributed by atoms with Crippen molar-refractivity contribution >= 4 is 11.7 Å². The number of aryl methyl sites for hydroxylation is 1. The van der Waals surface area contributed by atoms with Crippen molar-refractivity contribution in [3.63, 3.8) is 0 Å². The first-order valence-electron chi connectivity index (χ1n) is 9.22. The second-order valence-corrected chi connectivity index (χ2v) is 7.18. The zero-order valence-corrected chi connectivity index (χ0v) is 14.7. The minimum atomic E-state index is -0.144. The van der Waals surface area contributed by atoms with Crippen LogP contribution in [0.2, 0.25) is 0 Å². The third-order valence-corrected chi connectivity index (χ3v) is 5.42. The smallest absolute Gasteiger partial charge is 0.268 e. The summed E-state index contributed by atoms with van der Waals surface area (Å²) >= 11 is 0. The number of Topliss-reactive ketones (excluding diaryl/α,β-unsaturated/α-hetero) is 1. The van der Waals surface area contributed by atoms with Gasteiger partial charge in [0.25, 0.3) is 5.91 Å². The molecule has 0 saturated heterocycles. The molecular weight excluding hydrogens is 304 g/mol. The first-order valence-corrected chi connectivity index (χ1v) is 9.22. The van der Waals surface area contributed by atoms with Crippen molar-refractivity contribution in [2.75, 3.05) is 13.2 Å². The lowest BCUT2D eigenvalue weighted by atomic mass is 9.88. The van der Waals surface area contributed by atoms with Crippen molar-refractivity contribution < 1.29 is 14.3 Å². The Morgan fingerprint density at radius 2 is 2.04 bits per heavy atom. The molecule has 0 aliphatic heterocycles. The first-order chi connectivity index (χ1) is 11.6. The van der Waals surface area contributed by atoms with Crippen LogP contribution in [-0.4, -0.2) is 35.9 Å².